The molecule has 0 bridgehead atoms. The molecule has 0 saturated heterocycles. The van der Waals surface area contributed by atoms with Gasteiger partial charge in [-0.15, -0.1) is 0 Å². The second kappa shape index (κ2) is 30.5. The highest BCUT2D eigenvalue weighted by Gasteiger charge is 2.43. The molecule has 0 saturated carbocycles. The number of aryl methyl sites for hydroxylation is 6. The zero-order chi connectivity index (χ0) is 65.7. The Morgan fingerprint density at radius 2 is 0.828 bits per heavy atom. The summed E-state index contributed by atoms with van der Waals surface area (Å²) in [6, 6.07) is 36.3. The van der Waals surface area contributed by atoms with Crippen molar-refractivity contribution < 1.29 is 32.0 Å². The zero-order valence-corrected chi connectivity index (χ0v) is 61.3. The Balaban J connectivity index is 0.000000357. The number of carbonyl (C=O) groups excluding carboxylic acids is 2. The molecule has 0 spiro atoms. The molecule has 0 radical (unpaired) electrons. The molecular weight excluding hydrogens is 1110 g/mol. The largest absolute Gasteiger partial charge is 0.468 e. The zero-order valence-electron chi connectivity index (χ0n) is 59.3. The van der Waals surface area contributed by atoms with Gasteiger partial charge in [0.2, 0.25) is 0 Å². The minimum absolute atomic E-state index is 0.0237. The number of allylic oxidation sites excluding steroid dienone is 1. The van der Waals surface area contributed by atoms with Crippen molar-refractivity contribution in [2.75, 3.05) is 7.11 Å². The van der Waals surface area contributed by atoms with Gasteiger partial charge < -0.3 is 22.4 Å². The Kier molecular flexibility index (Phi) is 26.0. The number of hydrogen-bond donors (Lipinski definition) is 0. The molecule has 0 amide bonds. The summed E-state index contributed by atoms with van der Waals surface area (Å²) in [4.78, 5) is 16.2. The molecule has 2 unspecified atom stereocenters. The van der Waals surface area contributed by atoms with Crippen molar-refractivity contribution in [3.8, 4) is 28.6 Å². The molecule has 87 heavy (non-hydrogen) atoms. The number of hydrogen-bond acceptors (Lipinski definition) is 7. The fourth-order valence-electron chi connectivity index (χ4n) is 11.9. The van der Waals surface area contributed by atoms with E-state index in [-0.39, 0.29) is 50.1 Å². The molecular formula is C78H116O7Si2. The van der Waals surface area contributed by atoms with Crippen molar-refractivity contribution in [2.24, 2.45) is 10.8 Å². The van der Waals surface area contributed by atoms with E-state index in [0.717, 1.165) is 80.6 Å². The van der Waals surface area contributed by atoms with E-state index >= 15 is 0 Å². The van der Waals surface area contributed by atoms with Crippen LogP contribution in [0.5, 0.6) is 5.95 Å². The standard InChI is InChI=1S/C40H60O2Si.C37H56O3Si.CO2/c1-14-17-18-34-23-25-36(41-34)35-24-22-33(28-30(35)5)40(15-2,16-3)32-21-19-31(29(4)27-32)20-26-37(38(6,7)8)42-43(12,13)39(9,10)11;1-14-37(15-2,30-19-20-31(27(4)25-30)32-21-23-34(38-11)39-32)29-18-16-28(26(3)24-29)17-22-33(35(5,6)7)40-41(12,13)36(8,9)10;2-1-3/h17-19,21-25,27-28,37H,14-16,20,26H2,1-13H3;16,18-21,23-25,33H,14-15,17,22H2,1-13H3;/b18-17+;;. The molecule has 0 aliphatic rings. The Labute approximate surface area is 531 Å². The van der Waals surface area contributed by atoms with E-state index in [1.54, 1.807) is 7.11 Å². The van der Waals surface area contributed by atoms with E-state index in [1.807, 2.05) is 12.1 Å². The molecule has 0 aliphatic heterocycles. The summed E-state index contributed by atoms with van der Waals surface area (Å²) in [6.45, 7) is 57.9. The fraction of sp³-hybridized carbons (Fsp3) is 0.551. The molecule has 6 aromatic rings. The van der Waals surface area contributed by atoms with Crippen LogP contribution in [0.25, 0.3) is 28.7 Å². The van der Waals surface area contributed by atoms with Crippen molar-refractivity contribution in [3.63, 3.8) is 0 Å². The van der Waals surface area contributed by atoms with Crippen molar-refractivity contribution >= 4 is 28.9 Å². The van der Waals surface area contributed by atoms with E-state index < -0.39 is 16.6 Å². The molecule has 9 heteroatoms. The van der Waals surface area contributed by atoms with Crippen LogP contribution in [0.1, 0.15) is 224 Å². The minimum Gasteiger partial charge on any atom is -0.468 e. The molecule has 7 nitrogen and oxygen atoms in total. The van der Waals surface area contributed by atoms with Gasteiger partial charge in [0.05, 0.1) is 19.3 Å². The van der Waals surface area contributed by atoms with E-state index in [0.29, 0.717) is 5.95 Å². The van der Waals surface area contributed by atoms with Gasteiger partial charge in [0.1, 0.15) is 17.3 Å². The van der Waals surface area contributed by atoms with Crippen molar-refractivity contribution in [3.05, 3.63) is 165 Å². The van der Waals surface area contributed by atoms with E-state index in [2.05, 4.69) is 269 Å². The van der Waals surface area contributed by atoms with Crippen LogP contribution in [0.3, 0.4) is 0 Å². The van der Waals surface area contributed by atoms with Crippen LogP contribution in [-0.2, 0) is 42.1 Å². The smallest absolute Gasteiger partial charge is 0.373 e. The van der Waals surface area contributed by atoms with Crippen LogP contribution >= 0.6 is 0 Å². The normalized spacial score (nSPS) is 13.6. The maximum atomic E-state index is 8.12. The highest BCUT2D eigenvalue weighted by molar-refractivity contribution is 6.74. The van der Waals surface area contributed by atoms with Crippen LogP contribution < -0.4 is 4.74 Å². The van der Waals surface area contributed by atoms with Gasteiger partial charge in [-0.25, -0.2) is 0 Å². The highest BCUT2D eigenvalue weighted by Crippen LogP contribution is 2.46. The summed E-state index contributed by atoms with van der Waals surface area (Å²) >= 11 is 0. The summed E-state index contributed by atoms with van der Waals surface area (Å²) in [6.07, 6.45) is 14.3. The van der Waals surface area contributed by atoms with Gasteiger partial charge in [0.25, 0.3) is 5.95 Å². The molecule has 2 heterocycles. The summed E-state index contributed by atoms with van der Waals surface area (Å²) in [5.74, 6) is 3.23. The van der Waals surface area contributed by atoms with E-state index in [4.69, 9.17) is 32.0 Å². The van der Waals surface area contributed by atoms with Crippen molar-refractivity contribution in [1.29, 1.82) is 0 Å². The fourth-order valence-corrected chi connectivity index (χ4v) is 14.9. The number of methoxy groups -OCH3 is 1. The monoisotopic (exact) mass is 1220 g/mol. The second-order valence-corrected chi connectivity index (χ2v) is 39.4. The first-order valence-electron chi connectivity index (χ1n) is 32.6. The first-order valence-corrected chi connectivity index (χ1v) is 38.4. The van der Waals surface area contributed by atoms with Gasteiger partial charge in [-0.3, -0.25) is 0 Å². The molecule has 2 aromatic heterocycles. The average Bonchev–Trinajstić information content (AvgIpc) is 3.97. The lowest BCUT2D eigenvalue weighted by Gasteiger charge is -2.43. The van der Waals surface area contributed by atoms with Gasteiger partial charge in [-0.2, -0.15) is 9.59 Å². The average molecular weight is 1220 g/mol. The van der Waals surface area contributed by atoms with Crippen LogP contribution in [0, 0.1) is 38.5 Å². The van der Waals surface area contributed by atoms with Gasteiger partial charge in [0.15, 0.2) is 16.6 Å². The van der Waals surface area contributed by atoms with Crippen molar-refractivity contribution in [2.45, 2.75) is 262 Å². The highest BCUT2D eigenvalue weighted by atomic mass is 28.4. The third-order valence-corrected chi connectivity index (χ3v) is 29.0. The lowest BCUT2D eigenvalue weighted by molar-refractivity contribution is -0.191. The van der Waals surface area contributed by atoms with Gasteiger partial charge in [-0.05, 0) is 212 Å². The van der Waals surface area contributed by atoms with Gasteiger partial charge in [-0.1, -0.05) is 197 Å². The van der Waals surface area contributed by atoms with E-state index in [1.165, 1.54) is 61.2 Å². The van der Waals surface area contributed by atoms with Gasteiger partial charge >= 0.3 is 6.15 Å². The lowest BCUT2D eigenvalue weighted by Crippen LogP contribution is -2.47. The quantitative estimate of drug-likeness (QED) is 0.0591. The molecule has 478 valence electrons. The number of ether oxygens (including phenoxy) is 1. The summed E-state index contributed by atoms with van der Waals surface area (Å²) in [7, 11) is -2.08. The number of benzene rings is 4. The molecule has 0 aliphatic carbocycles. The summed E-state index contributed by atoms with van der Waals surface area (Å²) < 4.78 is 31.3. The molecule has 6 rings (SSSR count). The topological polar surface area (TPSA) is 88.1 Å². The predicted octanol–water partition coefficient (Wildman–Crippen LogP) is 22.9. The predicted molar refractivity (Wildman–Crippen MR) is 373 cm³/mol. The Bertz CT molecular complexity index is 3190. The first-order chi connectivity index (χ1) is 40.4. The summed E-state index contributed by atoms with van der Waals surface area (Å²) in [5.41, 5.74) is 16.1. The van der Waals surface area contributed by atoms with Crippen LogP contribution in [-0.4, -0.2) is 42.1 Å². The van der Waals surface area contributed by atoms with Crippen molar-refractivity contribution in [1.82, 2.24) is 0 Å². The molecule has 0 N–H and O–H groups in total. The van der Waals surface area contributed by atoms with Crippen LogP contribution in [0.2, 0.25) is 36.3 Å². The third kappa shape index (κ3) is 18.4. The Morgan fingerprint density at radius 1 is 0.483 bits per heavy atom. The third-order valence-electron chi connectivity index (χ3n) is 20.0. The Morgan fingerprint density at radius 3 is 1.13 bits per heavy atom. The van der Waals surface area contributed by atoms with Gasteiger partial charge in [0, 0.05) is 28.0 Å². The Hall–Kier alpha value is -5.29. The maximum Gasteiger partial charge on any atom is 0.373 e. The minimum atomic E-state index is -1.85. The molecule has 4 aromatic carbocycles. The van der Waals surface area contributed by atoms with E-state index in [9.17, 15) is 0 Å². The molecule has 2 atom stereocenters. The first kappa shape index (κ1) is 74.2. The maximum absolute atomic E-state index is 8.12. The van der Waals surface area contributed by atoms with Crippen LogP contribution in [0.4, 0.5) is 0 Å². The second-order valence-electron chi connectivity index (χ2n) is 29.9. The van der Waals surface area contributed by atoms with Crippen LogP contribution in [0.15, 0.2) is 112 Å². The molecule has 0 fully saturated rings. The number of furan rings is 2. The lowest BCUT2D eigenvalue weighted by atomic mass is 9.69. The SMILES string of the molecule is CC/C=C/c1ccc(-c2ccc(C(CC)(CC)c3ccc(CCC(O[Si](C)(C)C(C)(C)C)C(C)(C)C)c(C)c3)cc2C)o1.CCC(CC)(c1ccc(CCC(O[Si](C)(C)C(C)(C)C)C(C)(C)C)c(C)c1)c1ccc(-c2ccc(OC)o2)c(C)c1.O=C=O. The number of rotatable bonds is 23. The summed E-state index contributed by atoms with van der Waals surface area (Å²) in [5, 5.41) is 0.417.